The van der Waals surface area contributed by atoms with Crippen LogP contribution in [0.25, 0.3) is 0 Å². The van der Waals surface area contributed by atoms with Gasteiger partial charge < -0.3 is 14.2 Å². The Balaban J connectivity index is 2.25. The van der Waals surface area contributed by atoms with Crippen LogP contribution in [0.15, 0.2) is 34.8 Å². The summed E-state index contributed by atoms with van der Waals surface area (Å²) in [6, 6.07) is 8.42. The summed E-state index contributed by atoms with van der Waals surface area (Å²) in [5, 5.41) is 0.941. The lowest BCUT2D eigenvalue weighted by atomic mass is 10.2. The quantitative estimate of drug-likeness (QED) is 0.630. The molecule has 0 unspecified atom stereocenters. The Morgan fingerprint density at radius 1 is 1.13 bits per heavy atom. The molecule has 0 spiro atoms. The van der Waals surface area contributed by atoms with E-state index in [4.69, 9.17) is 37.4 Å². The van der Waals surface area contributed by atoms with Gasteiger partial charge in [-0.25, -0.2) is 4.79 Å². The molecular weight excluding hydrogens is 407 g/mol. The summed E-state index contributed by atoms with van der Waals surface area (Å²) in [7, 11) is 2.81. The minimum absolute atomic E-state index is 0.267. The molecule has 0 aliphatic carbocycles. The second-order valence-corrected chi connectivity index (χ2v) is 6.19. The Kier molecular flexibility index (Phi) is 6.16. The highest BCUT2D eigenvalue weighted by molar-refractivity contribution is 9.10. The number of halogens is 3. The van der Waals surface area contributed by atoms with Crippen molar-refractivity contribution in [1.82, 2.24) is 0 Å². The van der Waals surface area contributed by atoms with Crippen LogP contribution in [0.5, 0.6) is 11.5 Å². The number of carbonyl (C=O) groups is 1. The molecule has 0 fully saturated rings. The van der Waals surface area contributed by atoms with Crippen molar-refractivity contribution in [2.24, 2.45) is 0 Å². The van der Waals surface area contributed by atoms with Crippen molar-refractivity contribution in [2.75, 3.05) is 14.2 Å². The highest BCUT2D eigenvalue weighted by Crippen LogP contribution is 2.37. The summed E-state index contributed by atoms with van der Waals surface area (Å²) < 4.78 is 16.3. The predicted octanol–water partition coefficient (Wildman–Crippen LogP) is 5.13. The van der Waals surface area contributed by atoms with Crippen molar-refractivity contribution < 1.29 is 19.0 Å². The molecular formula is C16H13BrCl2O4. The molecule has 0 radical (unpaired) electrons. The van der Waals surface area contributed by atoms with Crippen molar-refractivity contribution in [3.8, 4) is 11.5 Å². The number of hydrogen-bond acceptors (Lipinski definition) is 4. The number of rotatable bonds is 5. The summed E-state index contributed by atoms with van der Waals surface area (Å²) >= 11 is 15.2. The van der Waals surface area contributed by atoms with E-state index in [1.165, 1.54) is 14.2 Å². The van der Waals surface area contributed by atoms with Gasteiger partial charge in [0.2, 0.25) is 0 Å². The van der Waals surface area contributed by atoms with Gasteiger partial charge in [0.1, 0.15) is 6.61 Å². The maximum Gasteiger partial charge on any atom is 0.338 e. The van der Waals surface area contributed by atoms with E-state index in [0.29, 0.717) is 31.6 Å². The van der Waals surface area contributed by atoms with Crippen LogP contribution in [0.1, 0.15) is 15.9 Å². The smallest absolute Gasteiger partial charge is 0.338 e. The number of methoxy groups -OCH3 is 2. The van der Waals surface area contributed by atoms with E-state index in [1.54, 1.807) is 24.3 Å². The summed E-state index contributed by atoms with van der Waals surface area (Å²) in [4.78, 5) is 11.6. The lowest BCUT2D eigenvalue weighted by Gasteiger charge is -2.14. The van der Waals surface area contributed by atoms with E-state index in [2.05, 4.69) is 15.9 Å². The number of carbonyl (C=O) groups excluding carboxylic acids is 1. The van der Waals surface area contributed by atoms with Gasteiger partial charge in [0.15, 0.2) is 11.5 Å². The SMILES string of the molecule is COC(=O)c1cc(Br)c(OCc2ccc(Cl)c(Cl)c2)c(OC)c1. The average Bonchev–Trinajstić information content (AvgIpc) is 2.55. The number of hydrogen-bond donors (Lipinski definition) is 0. The van der Waals surface area contributed by atoms with Crippen molar-refractivity contribution in [2.45, 2.75) is 6.61 Å². The van der Waals surface area contributed by atoms with Gasteiger partial charge in [-0.3, -0.25) is 0 Å². The highest BCUT2D eigenvalue weighted by Gasteiger charge is 2.16. The molecule has 2 aromatic rings. The van der Waals surface area contributed by atoms with Gasteiger partial charge in [0.25, 0.3) is 0 Å². The number of esters is 1. The maximum absolute atomic E-state index is 11.6. The fourth-order valence-electron chi connectivity index (χ4n) is 1.88. The van der Waals surface area contributed by atoms with E-state index in [0.717, 1.165) is 5.56 Å². The molecule has 0 saturated heterocycles. The van der Waals surface area contributed by atoms with Gasteiger partial charge in [-0.2, -0.15) is 0 Å². The third-order valence-electron chi connectivity index (χ3n) is 3.02. The lowest BCUT2D eigenvalue weighted by molar-refractivity contribution is 0.0600. The van der Waals surface area contributed by atoms with E-state index in [-0.39, 0.29) is 6.61 Å². The van der Waals surface area contributed by atoms with Crippen molar-refractivity contribution in [3.63, 3.8) is 0 Å². The van der Waals surface area contributed by atoms with Gasteiger partial charge in [0, 0.05) is 0 Å². The maximum atomic E-state index is 11.6. The highest BCUT2D eigenvalue weighted by atomic mass is 79.9. The van der Waals surface area contributed by atoms with Crippen LogP contribution in [-0.4, -0.2) is 20.2 Å². The van der Waals surface area contributed by atoms with Gasteiger partial charge >= 0.3 is 5.97 Å². The first kappa shape index (κ1) is 17.9. The molecule has 0 aliphatic rings. The molecule has 0 heterocycles. The molecule has 0 amide bonds. The van der Waals surface area contributed by atoms with E-state index < -0.39 is 5.97 Å². The molecule has 0 aliphatic heterocycles. The lowest BCUT2D eigenvalue weighted by Crippen LogP contribution is -2.04. The Bertz CT molecular complexity index is 734. The second-order valence-electron chi connectivity index (χ2n) is 4.52. The standard InChI is InChI=1S/C16H13BrCl2O4/c1-21-14-7-10(16(20)22-2)6-11(17)15(14)23-8-9-3-4-12(18)13(19)5-9/h3-7H,8H2,1-2H3. The summed E-state index contributed by atoms with van der Waals surface area (Å²) in [6.45, 7) is 0.267. The fourth-order valence-corrected chi connectivity index (χ4v) is 2.76. The van der Waals surface area contributed by atoms with Crippen LogP contribution in [0, 0.1) is 0 Å². The number of ether oxygens (including phenoxy) is 3. The van der Waals surface area contributed by atoms with Crippen molar-refractivity contribution in [1.29, 1.82) is 0 Å². The monoisotopic (exact) mass is 418 g/mol. The molecule has 23 heavy (non-hydrogen) atoms. The zero-order valence-corrected chi connectivity index (χ0v) is 15.5. The van der Waals surface area contributed by atoms with Gasteiger partial charge in [-0.15, -0.1) is 0 Å². The molecule has 0 saturated carbocycles. The van der Waals surface area contributed by atoms with E-state index in [9.17, 15) is 4.79 Å². The molecule has 0 N–H and O–H groups in total. The molecule has 0 atom stereocenters. The molecule has 0 aromatic heterocycles. The third-order valence-corrected chi connectivity index (χ3v) is 4.35. The van der Waals surface area contributed by atoms with Gasteiger partial charge in [0.05, 0.1) is 34.3 Å². The molecule has 0 bridgehead atoms. The third kappa shape index (κ3) is 4.31. The first-order chi connectivity index (χ1) is 11.0. The van der Waals surface area contributed by atoms with Crippen LogP contribution < -0.4 is 9.47 Å². The molecule has 122 valence electrons. The topological polar surface area (TPSA) is 44.8 Å². The first-order valence-corrected chi connectivity index (χ1v) is 8.03. The predicted molar refractivity (Wildman–Crippen MR) is 92.8 cm³/mol. The second kappa shape index (κ2) is 7.90. The van der Waals surface area contributed by atoms with Crippen molar-refractivity contribution >= 4 is 45.1 Å². The van der Waals surface area contributed by atoms with Gasteiger partial charge in [-0.1, -0.05) is 29.3 Å². The summed E-state index contributed by atoms with van der Waals surface area (Å²) in [6.07, 6.45) is 0. The number of benzene rings is 2. The van der Waals surface area contributed by atoms with Crippen LogP contribution in [-0.2, 0) is 11.3 Å². The zero-order chi connectivity index (χ0) is 17.0. The molecule has 2 rings (SSSR count). The Morgan fingerprint density at radius 3 is 2.48 bits per heavy atom. The first-order valence-electron chi connectivity index (χ1n) is 6.48. The van der Waals surface area contributed by atoms with Crippen molar-refractivity contribution in [3.05, 3.63) is 56.0 Å². The molecule has 4 nitrogen and oxygen atoms in total. The van der Waals surface area contributed by atoms with E-state index in [1.807, 2.05) is 6.07 Å². The van der Waals surface area contributed by atoms with Crippen LogP contribution in [0.3, 0.4) is 0 Å². The van der Waals surface area contributed by atoms with Crippen LogP contribution in [0.2, 0.25) is 10.0 Å². The van der Waals surface area contributed by atoms with Crippen LogP contribution >= 0.6 is 39.1 Å². The minimum Gasteiger partial charge on any atom is -0.493 e. The fraction of sp³-hybridized carbons (Fsp3) is 0.188. The van der Waals surface area contributed by atoms with E-state index >= 15 is 0 Å². The Hall–Kier alpha value is -1.43. The Morgan fingerprint density at radius 2 is 1.87 bits per heavy atom. The minimum atomic E-state index is -0.458. The van der Waals surface area contributed by atoms with Gasteiger partial charge in [-0.05, 0) is 45.8 Å². The van der Waals surface area contributed by atoms with Crippen LogP contribution in [0.4, 0.5) is 0 Å². The molecule has 7 heteroatoms. The summed E-state index contributed by atoms with van der Waals surface area (Å²) in [5.41, 5.74) is 1.21. The average molecular weight is 420 g/mol. The summed E-state index contributed by atoms with van der Waals surface area (Å²) in [5.74, 6) is 0.436. The Labute approximate surface area is 152 Å². The largest absolute Gasteiger partial charge is 0.493 e. The molecule has 2 aromatic carbocycles. The normalized spacial score (nSPS) is 10.3. The zero-order valence-electron chi connectivity index (χ0n) is 12.4.